The van der Waals surface area contributed by atoms with Gasteiger partial charge in [-0.25, -0.2) is 4.98 Å². The Morgan fingerprint density at radius 2 is 2.45 bits per heavy atom. The van der Waals surface area contributed by atoms with Crippen LogP contribution in [0.1, 0.15) is 0 Å². The molecule has 2 N–H and O–H groups in total. The maximum absolute atomic E-state index is 5.53. The summed E-state index contributed by atoms with van der Waals surface area (Å²) in [5, 5.41) is 2.80. The molecule has 11 heavy (non-hydrogen) atoms. The molecule has 0 saturated carbocycles. The van der Waals surface area contributed by atoms with E-state index in [1.807, 2.05) is 11.4 Å². The van der Waals surface area contributed by atoms with Crippen LogP contribution >= 0.6 is 11.3 Å². The number of anilines is 1. The number of nitrogen functional groups attached to an aromatic ring is 1. The molecule has 0 aliphatic rings. The van der Waals surface area contributed by atoms with Gasteiger partial charge < -0.3 is 10.2 Å². The molecular formula is C7H6N2OS. The van der Waals surface area contributed by atoms with Gasteiger partial charge in [0.15, 0.2) is 5.88 Å². The van der Waals surface area contributed by atoms with Crippen molar-refractivity contribution in [2.24, 2.45) is 0 Å². The number of hydrogen-bond donors (Lipinski definition) is 1. The second-order valence-electron chi connectivity index (χ2n) is 2.04. The smallest absolute Gasteiger partial charge is 0.200 e. The zero-order valence-electron chi connectivity index (χ0n) is 5.65. The highest BCUT2D eigenvalue weighted by Gasteiger charge is 2.06. The Morgan fingerprint density at radius 1 is 1.55 bits per heavy atom. The second kappa shape index (κ2) is 2.39. The molecule has 0 bridgehead atoms. The summed E-state index contributed by atoms with van der Waals surface area (Å²) >= 11 is 1.54. The van der Waals surface area contributed by atoms with E-state index in [0.717, 1.165) is 10.6 Å². The summed E-state index contributed by atoms with van der Waals surface area (Å²) in [6, 6.07) is 1.81. The molecule has 56 valence electrons. The first-order chi connectivity index (χ1) is 5.38. The summed E-state index contributed by atoms with van der Waals surface area (Å²) in [5.41, 5.74) is 6.41. The highest BCUT2D eigenvalue weighted by atomic mass is 32.1. The lowest BCUT2D eigenvalue weighted by Gasteiger charge is -1.88. The molecule has 0 fully saturated rings. The van der Waals surface area contributed by atoms with Crippen molar-refractivity contribution in [1.29, 1.82) is 0 Å². The summed E-state index contributed by atoms with van der Waals surface area (Å²) in [4.78, 5) is 4.10. The molecule has 0 aliphatic carbocycles. The number of hydrogen-bond acceptors (Lipinski definition) is 4. The molecule has 2 heterocycles. The second-order valence-corrected chi connectivity index (χ2v) is 2.93. The van der Waals surface area contributed by atoms with E-state index < -0.39 is 0 Å². The molecule has 4 heteroatoms. The summed E-state index contributed by atoms with van der Waals surface area (Å²) in [6.07, 6.45) is 3.30. The topological polar surface area (TPSA) is 52.0 Å². The number of nitrogens with zero attached hydrogens (tertiary/aromatic N) is 1. The van der Waals surface area contributed by atoms with Gasteiger partial charge in [0.25, 0.3) is 0 Å². The third kappa shape index (κ3) is 1.01. The SMILES string of the molecule is Nc1occc1-c1nccs1. The fourth-order valence-corrected chi connectivity index (χ4v) is 1.52. The average molecular weight is 166 g/mol. The Balaban J connectivity index is 2.53. The minimum absolute atomic E-state index is 0.431. The first-order valence-electron chi connectivity index (χ1n) is 3.11. The number of aromatic nitrogens is 1. The lowest BCUT2D eigenvalue weighted by molar-refractivity contribution is 0.588. The van der Waals surface area contributed by atoms with Gasteiger partial charge in [-0.2, -0.15) is 0 Å². The minimum Gasteiger partial charge on any atom is -0.448 e. The summed E-state index contributed by atoms with van der Waals surface area (Å²) in [7, 11) is 0. The maximum atomic E-state index is 5.53. The van der Waals surface area contributed by atoms with E-state index in [-0.39, 0.29) is 0 Å². The Bertz CT molecular complexity index is 339. The van der Waals surface area contributed by atoms with E-state index in [1.165, 1.54) is 0 Å². The highest BCUT2D eigenvalue weighted by Crippen LogP contribution is 2.27. The predicted molar refractivity (Wildman–Crippen MR) is 44.2 cm³/mol. The van der Waals surface area contributed by atoms with Gasteiger partial charge in [0.1, 0.15) is 5.01 Å². The van der Waals surface area contributed by atoms with Crippen molar-refractivity contribution in [3.63, 3.8) is 0 Å². The molecule has 2 aromatic heterocycles. The molecule has 2 aromatic rings. The Morgan fingerprint density at radius 3 is 3.00 bits per heavy atom. The number of furan rings is 1. The Labute approximate surface area is 67.5 Å². The molecule has 2 rings (SSSR count). The summed E-state index contributed by atoms with van der Waals surface area (Å²) in [6.45, 7) is 0. The molecule has 0 saturated heterocycles. The molecule has 0 aliphatic heterocycles. The molecular weight excluding hydrogens is 160 g/mol. The van der Waals surface area contributed by atoms with Crippen LogP contribution in [-0.4, -0.2) is 4.98 Å². The van der Waals surface area contributed by atoms with Crippen molar-refractivity contribution in [3.05, 3.63) is 23.9 Å². The zero-order chi connectivity index (χ0) is 7.68. The quantitative estimate of drug-likeness (QED) is 0.704. The number of thiazole rings is 1. The van der Waals surface area contributed by atoms with Crippen molar-refractivity contribution in [2.45, 2.75) is 0 Å². The van der Waals surface area contributed by atoms with Crippen LogP contribution in [0.3, 0.4) is 0 Å². The summed E-state index contributed by atoms with van der Waals surface area (Å²) in [5.74, 6) is 0.431. The lowest BCUT2D eigenvalue weighted by atomic mass is 10.3. The van der Waals surface area contributed by atoms with Crippen LogP contribution in [0.2, 0.25) is 0 Å². The fraction of sp³-hybridized carbons (Fsp3) is 0. The standard InChI is InChI=1S/C7H6N2OS/c8-6-5(1-3-10-6)7-9-2-4-11-7/h1-4H,8H2. The van der Waals surface area contributed by atoms with Crippen LogP contribution < -0.4 is 5.73 Å². The molecule has 0 unspecified atom stereocenters. The van der Waals surface area contributed by atoms with Gasteiger partial charge in [-0.1, -0.05) is 0 Å². The van der Waals surface area contributed by atoms with Crippen LogP contribution in [0.4, 0.5) is 5.88 Å². The summed E-state index contributed by atoms with van der Waals surface area (Å²) < 4.78 is 4.93. The van der Waals surface area contributed by atoms with E-state index in [2.05, 4.69) is 4.98 Å². The van der Waals surface area contributed by atoms with Crippen LogP contribution in [0.25, 0.3) is 10.6 Å². The zero-order valence-corrected chi connectivity index (χ0v) is 6.47. The predicted octanol–water partition coefficient (Wildman–Crippen LogP) is 1.99. The number of nitrogens with two attached hydrogens (primary N) is 1. The van der Waals surface area contributed by atoms with Crippen molar-refractivity contribution in [3.8, 4) is 10.6 Å². The van der Waals surface area contributed by atoms with E-state index >= 15 is 0 Å². The van der Waals surface area contributed by atoms with Crippen LogP contribution in [0.15, 0.2) is 28.3 Å². The van der Waals surface area contributed by atoms with Crippen LogP contribution in [-0.2, 0) is 0 Å². The monoisotopic (exact) mass is 166 g/mol. The molecule has 0 aromatic carbocycles. The maximum Gasteiger partial charge on any atom is 0.200 e. The van der Waals surface area contributed by atoms with E-state index in [1.54, 1.807) is 23.8 Å². The normalized spacial score (nSPS) is 10.2. The number of rotatable bonds is 1. The van der Waals surface area contributed by atoms with Crippen molar-refractivity contribution in [1.82, 2.24) is 4.98 Å². The molecule has 0 amide bonds. The van der Waals surface area contributed by atoms with Gasteiger partial charge in [0.05, 0.1) is 11.8 Å². The first-order valence-corrected chi connectivity index (χ1v) is 3.99. The van der Waals surface area contributed by atoms with Gasteiger partial charge in [-0.05, 0) is 6.07 Å². The highest BCUT2D eigenvalue weighted by molar-refractivity contribution is 7.13. The van der Waals surface area contributed by atoms with Gasteiger partial charge in [-0.15, -0.1) is 11.3 Å². The average Bonchev–Trinajstić information content (AvgIpc) is 2.55. The van der Waals surface area contributed by atoms with Crippen molar-refractivity contribution >= 4 is 17.2 Å². The van der Waals surface area contributed by atoms with Crippen LogP contribution in [0.5, 0.6) is 0 Å². The third-order valence-electron chi connectivity index (χ3n) is 1.36. The fourth-order valence-electron chi connectivity index (χ4n) is 0.854. The van der Waals surface area contributed by atoms with E-state index in [0.29, 0.717) is 5.88 Å². The lowest BCUT2D eigenvalue weighted by Crippen LogP contribution is -1.82. The molecule has 0 radical (unpaired) electrons. The molecule has 3 nitrogen and oxygen atoms in total. The first kappa shape index (κ1) is 6.42. The van der Waals surface area contributed by atoms with Crippen molar-refractivity contribution < 1.29 is 4.42 Å². The van der Waals surface area contributed by atoms with Crippen molar-refractivity contribution in [2.75, 3.05) is 5.73 Å². The van der Waals surface area contributed by atoms with Gasteiger partial charge in [0, 0.05) is 11.6 Å². The Kier molecular flexibility index (Phi) is 1.40. The van der Waals surface area contributed by atoms with Gasteiger partial charge in [0.2, 0.25) is 0 Å². The molecule has 0 spiro atoms. The third-order valence-corrected chi connectivity index (χ3v) is 2.16. The van der Waals surface area contributed by atoms with Gasteiger partial charge in [-0.3, -0.25) is 0 Å². The van der Waals surface area contributed by atoms with E-state index in [9.17, 15) is 0 Å². The largest absolute Gasteiger partial charge is 0.448 e. The van der Waals surface area contributed by atoms with E-state index in [4.69, 9.17) is 10.2 Å². The minimum atomic E-state index is 0.431. The van der Waals surface area contributed by atoms with Gasteiger partial charge >= 0.3 is 0 Å². The molecule has 0 atom stereocenters. The Hall–Kier alpha value is -1.29. The van der Waals surface area contributed by atoms with Crippen LogP contribution in [0, 0.1) is 0 Å².